The third kappa shape index (κ3) is 2.40. The molecule has 0 aliphatic carbocycles. The average Bonchev–Trinajstić information content (AvgIpc) is 3.03. The maximum Gasteiger partial charge on any atom is 0.313 e. The molecule has 0 fully saturated rings. The van der Waals surface area contributed by atoms with E-state index in [4.69, 9.17) is 0 Å². The van der Waals surface area contributed by atoms with Crippen LogP contribution in [0.3, 0.4) is 0 Å². The van der Waals surface area contributed by atoms with Crippen molar-refractivity contribution >= 4 is 51.4 Å². The molecule has 118 valence electrons. The molecular weight excluding hydrogens is 408 g/mol. The van der Waals surface area contributed by atoms with Crippen molar-refractivity contribution in [2.45, 2.75) is 5.03 Å². The number of hydrogen-bond acceptors (Lipinski definition) is 4. The van der Waals surface area contributed by atoms with E-state index in [0.717, 1.165) is 15.8 Å². The molecule has 0 bridgehead atoms. The number of rotatable bonds is 2. The molecule has 1 aliphatic heterocycles. The fraction of sp³-hybridized carbons (Fsp3) is 0. The third-order valence-electron chi connectivity index (χ3n) is 3.69. The van der Waals surface area contributed by atoms with E-state index in [1.807, 2.05) is 42.5 Å². The maximum absolute atomic E-state index is 12.5. The molecule has 24 heavy (non-hydrogen) atoms. The van der Waals surface area contributed by atoms with Gasteiger partial charge in [-0.3, -0.25) is 14.2 Å². The number of nitrogens with zero attached hydrogens (tertiary/aromatic N) is 2. The summed E-state index contributed by atoms with van der Waals surface area (Å²) in [6, 6.07) is 14.7. The second kappa shape index (κ2) is 5.84. The molecule has 3 aromatic rings. The molecule has 1 aliphatic rings. The molecule has 7 heteroatoms. The number of carbonyl (C=O) groups excluding carboxylic acids is 1. The molecule has 2 heterocycles. The van der Waals surface area contributed by atoms with Crippen molar-refractivity contribution in [2.24, 2.45) is 4.99 Å². The van der Waals surface area contributed by atoms with E-state index in [9.17, 15) is 9.59 Å². The van der Waals surface area contributed by atoms with Crippen LogP contribution in [0.1, 0.15) is 4.88 Å². The zero-order valence-corrected chi connectivity index (χ0v) is 15.4. The molecule has 0 N–H and O–H groups in total. The van der Waals surface area contributed by atoms with E-state index >= 15 is 0 Å². The number of halogens is 1. The smallest absolute Gasteiger partial charge is 0.267 e. The predicted molar refractivity (Wildman–Crippen MR) is 99.6 cm³/mol. The van der Waals surface area contributed by atoms with Gasteiger partial charge in [-0.15, -0.1) is 12.6 Å². The SMILES string of the molecule is O=C1N=c2ccc(Br)cc2=C1c1sc(=O)n(-c2ccccc2)c1S. The fourth-order valence-electron chi connectivity index (χ4n) is 2.64. The minimum Gasteiger partial charge on any atom is -0.267 e. The summed E-state index contributed by atoms with van der Waals surface area (Å²) in [4.78, 5) is 29.3. The van der Waals surface area contributed by atoms with Crippen LogP contribution in [0.2, 0.25) is 0 Å². The van der Waals surface area contributed by atoms with Crippen molar-refractivity contribution < 1.29 is 4.79 Å². The highest BCUT2D eigenvalue weighted by Gasteiger charge is 2.25. The molecule has 0 saturated heterocycles. The number of fused-ring (bicyclic) bond motifs is 1. The second-order valence-corrected chi connectivity index (χ2v) is 7.45. The highest BCUT2D eigenvalue weighted by atomic mass is 79.9. The van der Waals surface area contributed by atoms with Crippen molar-refractivity contribution in [1.82, 2.24) is 4.57 Å². The van der Waals surface area contributed by atoms with Crippen molar-refractivity contribution in [2.75, 3.05) is 0 Å². The summed E-state index contributed by atoms with van der Waals surface area (Å²) in [6.45, 7) is 0. The number of thiol groups is 1. The van der Waals surface area contributed by atoms with E-state index < -0.39 is 0 Å². The Morgan fingerprint density at radius 2 is 1.83 bits per heavy atom. The van der Waals surface area contributed by atoms with Gasteiger partial charge in [-0.05, 0) is 30.3 Å². The van der Waals surface area contributed by atoms with Crippen LogP contribution in [0.25, 0.3) is 11.3 Å². The predicted octanol–water partition coefficient (Wildman–Crippen LogP) is 2.31. The lowest BCUT2D eigenvalue weighted by Crippen LogP contribution is -2.22. The summed E-state index contributed by atoms with van der Waals surface area (Å²) in [5.74, 6) is -0.347. The van der Waals surface area contributed by atoms with Gasteiger partial charge in [0.15, 0.2) is 0 Å². The molecule has 4 nitrogen and oxygen atoms in total. The number of amides is 1. The topological polar surface area (TPSA) is 51.4 Å². The summed E-state index contributed by atoms with van der Waals surface area (Å²) in [5, 5.41) is 1.77. The number of thiazole rings is 1. The quantitative estimate of drug-likeness (QED) is 0.651. The molecule has 0 atom stereocenters. The molecule has 0 saturated carbocycles. The Bertz CT molecular complexity index is 1160. The van der Waals surface area contributed by atoms with Gasteiger partial charge in [0.05, 0.1) is 26.5 Å². The minimum atomic E-state index is -0.347. The van der Waals surface area contributed by atoms with Crippen LogP contribution in [0.15, 0.2) is 67.8 Å². The highest BCUT2D eigenvalue weighted by molar-refractivity contribution is 9.10. The number of carbonyl (C=O) groups is 1. The molecule has 0 unspecified atom stereocenters. The van der Waals surface area contributed by atoms with Gasteiger partial charge in [0, 0.05) is 9.69 Å². The van der Waals surface area contributed by atoms with Gasteiger partial charge >= 0.3 is 4.87 Å². The summed E-state index contributed by atoms with van der Waals surface area (Å²) in [5.41, 5.74) is 1.14. The van der Waals surface area contributed by atoms with Gasteiger partial charge in [-0.1, -0.05) is 45.5 Å². The molecule has 1 aromatic heterocycles. The van der Waals surface area contributed by atoms with E-state index in [1.54, 1.807) is 6.07 Å². The average molecular weight is 417 g/mol. The number of hydrogen-bond donors (Lipinski definition) is 1. The minimum absolute atomic E-state index is 0.190. The molecular formula is C17H9BrN2O2S2. The lowest BCUT2D eigenvalue weighted by atomic mass is 10.1. The lowest BCUT2D eigenvalue weighted by Gasteiger charge is -2.04. The summed E-state index contributed by atoms with van der Waals surface area (Å²) in [6.07, 6.45) is 0. The maximum atomic E-state index is 12.5. The van der Waals surface area contributed by atoms with E-state index in [-0.39, 0.29) is 10.8 Å². The first-order valence-corrected chi connectivity index (χ1v) is 9.05. The van der Waals surface area contributed by atoms with Crippen LogP contribution in [-0.4, -0.2) is 10.5 Å². The van der Waals surface area contributed by atoms with Crippen molar-refractivity contribution in [3.63, 3.8) is 0 Å². The third-order valence-corrected chi connectivity index (χ3v) is 5.72. The lowest BCUT2D eigenvalue weighted by molar-refractivity contribution is -0.112. The molecule has 0 radical (unpaired) electrons. The Morgan fingerprint density at radius 3 is 2.58 bits per heavy atom. The van der Waals surface area contributed by atoms with Gasteiger partial charge in [-0.2, -0.15) is 0 Å². The van der Waals surface area contributed by atoms with Gasteiger partial charge in [0.2, 0.25) is 0 Å². The van der Waals surface area contributed by atoms with Crippen molar-refractivity contribution in [3.05, 3.63) is 78.1 Å². The number of aromatic nitrogens is 1. The Balaban J connectivity index is 2.04. The number of para-hydroxylation sites is 1. The standard InChI is InChI=1S/C17H9BrN2O2S2/c18-9-6-7-12-11(8-9)13(15(21)19-12)14-16(23)20(17(22)24-14)10-4-2-1-3-5-10/h1-8,23H. The largest absolute Gasteiger partial charge is 0.313 e. The van der Waals surface area contributed by atoms with Crippen LogP contribution in [0.4, 0.5) is 0 Å². The molecule has 2 aromatic carbocycles. The first-order chi connectivity index (χ1) is 11.6. The Hall–Kier alpha value is -1.96. The molecule has 4 rings (SSSR count). The Kier molecular flexibility index (Phi) is 3.79. The second-order valence-electron chi connectivity index (χ2n) is 5.15. The zero-order valence-electron chi connectivity index (χ0n) is 12.1. The highest BCUT2D eigenvalue weighted by Crippen LogP contribution is 2.28. The van der Waals surface area contributed by atoms with Crippen LogP contribution in [-0.2, 0) is 4.79 Å². The fourth-order valence-corrected chi connectivity index (χ4v) is 4.47. The van der Waals surface area contributed by atoms with Crippen LogP contribution < -0.4 is 15.4 Å². The Labute approximate surface area is 154 Å². The monoisotopic (exact) mass is 416 g/mol. The van der Waals surface area contributed by atoms with Gasteiger partial charge < -0.3 is 0 Å². The normalized spacial score (nSPS) is 13.1. The van der Waals surface area contributed by atoms with Crippen LogP contribution in [0.5, 0.6) is 0 Å². The van der Waals surface area contributed by atoms with E-state index in [0.29, 0.717) is 31.7 Å². The van der Waals surface area contributed by atoms with E-state index in [1.165, 1.54) is 4.57 Å². The first kappa shape index (κ1) is 15.6. The first-order valence-electron chi connectivity index (χ1n) is 7.00. The summed E-state index contributed by atoms with van der Waals surface area (Å²) < 4.78 is 2.35. The van der Waals surface area contributed by atoms with Crippen LogP contribution in [0, 0.1) is 0 Å². The van der Waals surface area contributed by atoms with Crippen LogP contribution >= 0.6 is 39.9 Å². The van der Waals surface area contributed by atoms with Gasteiger partial charge in [-0.25, -0.2) is 4.99 Å². The Morgan fingerprint density at radius 1 is 1.08 bits per heavy atom. The summed E-state index contributed by atoms with van der Waals surface area (Å²) >= 11 is 8.94. The van der Waals surface area contributed by atoms with Crippen molar-refractivity contribution in [1.29, 1.82) is 0 Å². The van der Waals surface area contributed by atoms with Crippen molar-refractivity contribution in [3.8, 4) is 5.69 Å². The number of benzene rings is 2. The molecule has 0 spiro atoms. The summed E-state index contributed by atoms with van der Waals surface area (Å²) in [7, 11) is 0. The zero-order chi connectivity index (χ0) is 16.8. The van der Waals surface area contributed by atoms with Gasteiger partial charge in [0.25, 0.3) is 5.91 Å². The van der Waals surface area contributed by atoms with E-state index in [2.05, 4.69) is 33.6 Å². The molecule has 1 amide bonds. The van der Waals surface area contributed by atoms with Gasteiger partial charge in [0.1, 0.15) is 0 Å².